The highest BCUT2D eigenvalue weighted by Crippen LogP contribution is 2.31. The van der Waals surface area contributed by atoms with Crippen LogP contribution in [0.25, 0.3) is 0 Å². The molecule has 1 heterocycles. The average Bonchev–Trinajstić information content (AvgIpc) is 3.18. The van der Waals surface area contributed by atoms with Crippen LogP contribution in [-0.4, -0.2) is 46.8 Å². The topological polar surface area (TPSA) is 148 Å². The Bertz CT molecular complexity index is 1170. The van der Waals surface area contributed by atoms with Crippen LogP contribution in [0.5, 0.6) is 0 Å². The van der Waals surface area contributed by atoms with E-state index in [0.29, 0.717) is 20.7 Å². The summed E-state index contributed by atoms with van der Waals surface area (Å²) in [4.78, 5) is 59.1. The average molecular weight is 554 g/mol. The van der Waals surface area contributed by atoms with Gasteiger partial charge in [0.05, 0.1) is 22.4 Å². The number of ether oxygens (including phenoxy) is 1. The number of hydrogen-bond acceptors (Lipinski definition) is 7. The van der Waals surface area contributed by atoms with Crippen molar-refractivity contribution in [2.24, 2.45) is 5.92 Å². The summed E-state index contributed by atoms with van der Waals surface area (Å²) < 4.78 is 5.70. The fraction of sp³-hybridized carbons (Fsp3) is 0.238. The number of anilines is 1. The van der Waals surface area contributed by atoms with Crippen LogP contribution in [-0.2, 0) is 19.1 Å². The van der Waals surface area contributed by atoms with Gasteiger partial charge in [-0.1, -0.05) is 11.6 Å². The predicted molar refractivity (Wildman–Crippen MR) is 124 cm³/mol. The summed E-state index contributed by atoms with van der Waals surface area (Å²) in [7, 11) is 0. The quantitative estimate of drug-likeness (QED) is 0.304. The summed E-state index contributed by atoms with van der Waals surface area (Å²) in [5, 5.41) is 14.7. The van der Waals surface area contributed by atoms with E-state index in [-0.39, 0.29) is 24.2 Å². The number of carbonyl (C=O) groups excluding carboxylic acids is 4. The molecule has 0 saturated carbocycles. The van der Waals surface area contributed by atoms with Crippen molar-refractivity contribution in [1.29, 1.82) is 0 Å². The molecule has 0 spiro atoms. The van der Waals surface area contributed by atoms with E-state index < -0.39 is 41.1 Å². The van der Waals surface area contributed by atoms with Crippen LogP contribution in [0.2, 0.25) is 5.02 Å². The van der Waals surface area contributed by atoms with Gasteiger partial charge in [0.15, 0.2) is 6.61 Å². The molecule has 1 aliphatic heterocycles. The Morgan fingerprint density at radius 2 is 1.91 bits per heavy atom. The Hall–Kier alpha value is -3.51. The first-order valence-corrected chi connectivity index (χ1v) is 11.0. The predicted octanol–water partition coefficient (Wildman–Crippen LogP) is 2.99. The molecule has 178 valence electrons. The third-order valence-corrected chi connectivity index (χ3v) is 6.37. The highest BCUT2D eigenvalue weighted by Gasteiger charge is 2.36. The third kappa shape index (κ3) is 5.88. The van der Waals surface area contributed by atoms with Gasteiger partial charge in [-0.15, -0.1) is 0 Å². The van der Waals surface area contributed by atoms with Crippen molar-refractivity contribution >= 4 is 62.6 Å². The molecular weight excluding hydrogens is 536 g/mol. The molecule has 3 rings (SSSR count). The van der Waals surface area contributed by atoms with Gasteiger partial charge in [-0.25, -0.2) is 0 Å². The number of non-ortho nitro benzene ring substituents is 1. The molecule has 2 aromatic rings. The SMILES string of the molecule is Cc1c(NC(=O)COC(=O)[C@@H]2CC(=O)N(NC(=O)c3ccc([N+](=O)[O-])cc3)C2)ccc(Br)c1Cl. The largest absolute Gasteiger partial charge is 0.455 e. The Kier molecular flexibility index (Phi) is 7.84. The van der Waals surface area contributed by atoms with E-state index >= 15 is 0 Å². The van der Waals surface area contributed by atoms with Crippen LogP contribution < -0.4 is 10.7 Å². The number of benzene rings is 2. The number of halogens is 2. The molecule has 2 N–H and O–H groups in total. The Morgan fingerprint density at radius 1 is 1.24 bits per heavy atom. The molecular formula is C21H18BrClN4O7. The van der Waals surface area contributed by atoms with Gasteiger partial charge >= 0.3 is 5.97 Å². The third-order valence-electron chi connectivity index (χ3n) is 4.99. The second kappa shape index (κ2) is 10.6. The van der Waals surface area contributed by atoms with E-state index in [1.807, 2.05) is 0 Å². The lowest BCUT2D eigenvalue weighted by Crippen LogP contribution is -2.43. The van der Waals surface area contributed by atoms with E-state index in [0.717, 1.165) is 17.1 Å². The minimum atomic E-state index is -0.874. The summed E-state index contributed by atoms with van der Waals surface area (Å²) >= 11 is 9.41. The van der Waals surface area contributed by atoms with Gasteiger partial charge < -0.3 is 10.1 Å². The molecule has 3 amide bonds. The number of carbonyl (C=O) groups is 4. The Morgan fingerprint density at radius 3 is 2.56 bits per heavy atom. The summed E-state index contributed by atoms with van der Waals surface area (Å²) in [5.74, 6) is -3.40. The first-order chi connectivity index (χ1) is 16.1. The van der Waals surface area contributed by atoms with Crippen molar-refractivity contribution in [2.45, 2.75) is 13.3 Å². The van der Waals surface area contributed by atoms with E-state index in [1.165, 1.54) is 12.1 Å². The minimum absolute atomic E-state index is 0.101. The maximum Gasteiger partial charge on any atom is 0.311 e. The van der Waals surface area contributed by atoms with Gasteiger partial charge in [0.1, 0.15) is 0 Å². The molecule has 1 aliphatic rings. The summed E-state index contributed by atoms with van der Waals surface area (Å²) in [6, 6.07) is 8.13. The number of hydrogen-bond donors (Lipinski definition) is 2. The zero-order chi connectivity index (χ0) is 25.0. The summed E-state index contributed by atoms with van der Waals surface area (Å²) in [5.41, 5.74) is 3.38. The molecule has 0 bridgehead atoms. The molecule has 13 heteroatoms. The molecule has 0 unspecified atom stereocenters. The summed E-state index contributed by atoms with van der Waals surface area (Å²) in [6.45, 7) is 1.02. The molecule has 2 aromatic carbocycles. The van der Waals surface area contributed by atoms with Crippen molar-refractivity contribution in [3.8, 4) is 0 Å². The van der Waals surface area contributed by atoms with Gasteiger partial charge in [-0.05, 0) is 52.7 Å². The Balaban J connectivity index is 1.50. The monoisotopic (exact) mass is 552 g/mol. The standard InChI is InChI=1S/C21H18BrClN4O7/c1-11-16(7-6-15(22)19(11)23)24-17(28)10-34-21(31)13-8-18(29)26(9-13)25-20(30)12-2-4-14(5-3-12)27(32)33/h2-7,13H,8-10H2,1H3,(H,24,28)(H,25,30)/t13-/m1/s1. The van der Waals surface area contributed by atoms with Gasteiger partial charge in [0.2, 0.25) is 5.91 Å². The van der Waals surface area contributed by atoms with Gasteiger partial charge in [0, 0.05) is 34.3 Å². The van der Waals surface area contributed by atoms with Gasteiger partial charge in [0.25, 0.3) is 17.5 Å². The lowest BCUT2D eigenvalue weighted by molar-refractivity contribution is -0.384. The van der Waals surface area contributed by atoms with E-state index in [4.69, 9.17) is 16.3 Å². The smallest absolute Gasteiger partial charge is 0.311 e. The number of nitrogens with zero attached hydrogens (tertiary/aromatic N) is 2. The normalized spacial score (nSPS) is 15.1. The van der Waals surface area contributed by atoms with Crippen LogP contribution in [0.4, 0.5) is 11.4 Å². The van der Waals surface area contributed by atoms with Crippen LogP contribution >= 0.6 is 27.5 Å². The molecule has 1 fully saturated rings. The van der Waals surface area contributed by atoms with Crippen molar-refractivity contribution in [3.63, 3.8) is 0 Å². The van der Waals surface area contributed by atoms with E-state index in [2.05, 4.69) is 26.7 Å². The van der Waals surface area contributed by atoms with Gasteiger partial charge in [-0.3, -0.25) is 39.7 Å². The molecule has 1 saturated heterocycles. The first-order valence-electron chi connectivity index (χ1n) is 9.83. The van der Waals surface area contributed by atoms with Crippen LogP contribution in [0.1, 0.15) is 22.3 Å². The molecule has 0 aromatic heterocycles. The number of nitro benzene ring substituents is 1. The number of nitro groups is 1. The maximum atomic E-state index is 12.3. The highest BCUT2D eigenvalue weighted by atomic mass is 79.9. The molecule has 11 nitrogen and oxygen atoms in total. The molecule has 0 radical (unpaired) electrons. The van der Waals surface area contributed by atoms with Crippen LogP contribution in [0.3, 0.4) is 0 Å². The van der Waals surface area contributed by atoms with Crippen molar-refractivity contribution < 1.29 is 28.8 Å². The maximum absolute atomic E-state index is 12.3. The van der Waals surface area contributed by atoms with Crippen molar-refractivity contribution in [1.82, 2.24) is 10.4 Å². The fourth-order valence-corrected chi connectivity index (χ4v) is 3.72. The Labute approximate surface area is 206 Å². The fourth-order valence-electron chi connectivity index (χ4n) is 3.12. The van der Waals surface area contributed by atoms with E-state index in [9.17, 15) is 29.3 Å². The second-order valence-electron chi connectivity index (χ2n) is 7.34. The van der Waals surface area contributed by atoms with Crippen LogP contribution in [0.15, 0.2) is 40.9 Å². The minimum Gasteiger partial charge on any atom is -0.455 e. The van der Waals surface area contributed by atoms with Crippen molar-refractivity contribution in [3.05, 3.63) is 67.1 Å². The number of esters is 1. The number of hydrazine groups is 1. The highest BCUT2D eigenvalue weighted by molar-refractivity contribution is 9.10. The first kappa shape index (κ1) is 25.1. The van der Waals surface area contributed by atoms with E-state index in [1.54, 1.807) is 19.1 Å². The lowest BCUT2D eigenvalue weighted by atomic mass is 10.1. The number of nitrogens with one attached hydrogen (secondary N) is 2. The molecule has 0 aliphatic carbocycles. The lowest BCUT2D eigenvalue weighted by Gasteiger charge is -2.17. The molecule has 34 heavy (non-hydrogen) atoms. The van der Waals surface area contributed by atoms with Crippen LogP contribution in [0, 0.1) is 23.0 Å². The number of rotatable bonds is 7. The zero-order valence-corrected chi connectivity index (χ0v) is 20.0. The summed E-state index contributed by atoms with van der Waals surface area (Å²) in [6.07, 6.45) is -0.206. The van der Waals surface area contributed by atoms with Gasteiger partial charge in [-0.2, -0.15) is 0 Å². The molecule has 1 atom stereocenters. The number of amides is 3. The second-order valence-corrected chi connectivity index (χ2v) is 8.57. The zero-order valence-electron chi connectivity index (χ0n) is 17.7. The van der Waals surface area contributed by atoms with Crippen molar-refractivity contribution in [2.75, 3.05) is 18.5 Å².